The predicted octanol–water partition coefficient (Wildman–Crippen LogP) is 3.38. The van der Waals surface area contributed by atoms with Crippen molar-refractivity contribution in [3.8, 4) is 11.5 Å². The van der Waals surface area contributed by atoms with Crippen molar-refractivity contribution in [2.45, 2.75) is 36.6 Å². The lowest BCUT2D eigenvalue weighted by molar-refractivity contribution is 0.0946. The van der Waals surface area contributed by atoms with E-state index >= 15 is 0 Å². The van der Waals surface area contributed by atoms with E-state index in [9.17, 15) is 13.2 Å². The summed E-state index contributed by atoms with van der Waals surface area (Å²) in [6, 6.07) is 11.2. The standard InChI is InChI=1S/C21H25ClN2O5S/c1-28-19-10-9-15(13-20(19)30(26,27)24-17-6-2-3-7-17)21(25)23-11-12-29-18-8-4-5-16(22)14-18/h4-5,8-10,13-14,17,24H,2-3,6-7,11-12H2,1H3,(H,23,25). The molecule has 1 fully saturated rings. The monoisotopic (exact) mass is 452 g/mol. The summed E-state index contributed by atoms with van der Waals surface area (Å²) >= 11 is 5.90. The first kappa shape index (κ1) is 22.4. The maximum absolute atomic E-state index is 12.8. The number of carbonyl (C=O) groups is 1. The summed E-state index contributed by atoms with van der Waals surface area (Å²) in [5.74, 6) is 0.401. The fourth-order valence-electron chi connectivity index (χ4n) is 3.35. The third kappa shape index (κ3) is 5.87. The molecule has 0 atom stereocenters. The highest BCUT2D eigenvalue weighted by Gasteiger charge is 2.26. The minimum atomic E-state index is -3.80. The molecule has 0 heterocycles. The lowest BCUT2D eigenvalue weighted by Gasteiger charge is -2.16. The zero-order valence-corrected chi connectivity index (χ0v) is 18.3. The smallest absolute Gasteiger partial charge is 0.251 e. The number of ether oxygens (including phenoxy) is 2. The van der Waals surface area contributed by atoms with E-state index in [-0.39, 0.29) is 35.4 Å². The molecular formula is C21H25ClN2O5S. The van der Waals surface area contributed by atoms with Crippen LogP contribution in [0.2, 0.25) is 5.02 Å². The number of carbonyl (C=O) groups excluding carboxylic acids is 1. The largest absolute Gasteiger partial charge is 0.495 e. The molecule has 7 nitrogen and oxygen atoms in total. The van der Waals surface area contributed by atoms with E-state index in [1.807, 2.05) is 0 Å². The Balaban J connectivity index is 1.63. The zero-order chi connectivity index (χ0) is 21.6. The van der Waals surface area contributed by atoms with Crippen molar-refractivity contribution in [1.29, 1.82) is 0 Å². The van der Waals surface area contributed by atoms with Crippen LogP contribution in [-0.2, 0) is 10.0 Å². The highest BCUT2D eigenvalue weighted by molar-refractivity contribution is 7.89. The SMILES string of the molecule is COc1ccc(C(=O)NCCOc2cccc(Cl)c2)cc1S(=O)(=O)NC1CCCC1. The van der Waals surface area contributed by atoms with Gasteiger partial charge in [0.15, 0.2) is 0 Å². The molecule has 9 heteroatoms. The number of hydrogen-bond acceptors (Lipinski definition) is 5. The van der Waals surface area contributed by atoms with Gasteiger partial charge in [0.25, 0.3) is 5.91 Å². The van der Waals surface area contributed by atoms with Crippen molar-refractivity contribution in [2.24, 2.45) is 0 Å². The molecule has 1 aliphatic rings. The van der Waals surface area contributed by atoms with Crippen molar-refractivity contribution in [1.82, 2.24) is 10.0 Å². The van der Waals surface area contributed by atoms with Crippen LogP contribution in [0.15, 0.2) is 47.4 Å². The average Bonchev–Trinajstić information content (AvgIpc) is 3.23. The van der Waals surface area contributed by atoms with Gasteiger partial charge in [-0.1, -0.05) is 30.5 Å². The van der Waals surface area contributed by atoms with Gasteiger partial charge in [-0.3, -0.25) is 4.79 Å². The zero-order valence-electron chi connectivity index (χ0n) is 16.7. The van der Waals surface area contributed by atoms with Crippen LogP contribution >= 0.6 is 11.6 Å². The van der Waals surface area contributed by atoms with Gasteiger partial charge in [0, 0.05) is 16.6 Å². The molecule has 162 valence electrons. The quantitative estimate of drug-likeness (QED) is 0.569. The molecule has 3 rings (SSSR count). The Morgan fingerprint density at radius 2 is 1.93 bits per heavy atom. The van der Waals surface area contributed by atoms with Crippen molar-refractivity contribution in [2.75, 3.05) is 20.3 Å². The molecule has 1 aliphatic carbocycles. The van der Waals surface area contributed by atoms with Gasteiger partial charge in [0.1, 0.15) is 23.0 Å². The summed E-state index contributed by atoms with van der Waals surface area (Å²) in [7, 11) is -2.40. The van der Waals surface area contributed by atoms with Crippen LogP contribution in [0.3, 0.4) is 0 Å². The molecule has 0 saturated heterocycles. The van der Waals surface area contributed by atoms with Gasteiger partial charge >= 0.3 is 0 Å². The van der Waals surface area contributed by atoms with Crippen LogP contribution in [-0.4, -0.2) is 40.6 Å². The maximum atomic E-state index is 12.8. The summed E-state index contributed by atoms with van der Waals surface area (Å²) in [5, 5.41) is 3.28. The van der Waals surface area contributed by atoms with Crippen molar-refractivity contribution >= 4 is 27.5 Å². The van der Waals surface area contributed by atoms with Gasteiger partial charge in [-0.25, -0.2) is 13.1 Å². The van der Waals surface area contributed by atoms with E-state index in [2.05, 4.69) is 10.0 Å². The van der Waals surface area contributed by atoms with Crippen LogP contribution in [0.4, 0.5) is 0 Å². The van der Waals surface area contributed by atoms with Crippen LogP contribution in [0.5, 0.6) is 11.5 Å². The highest BCUT2D eigenvalue weighted by Crippen LogP contribution is 2.27. The molecule has 0 spiro atoms. The van der Waals surface area contributed by atoms with Gasteiger partial charge in [-0.05, 0) is 49.2 Å². The van der Waals surface area contributed by atoms with E-state index < -0.39 is 15.9 Å². The molecule has 2 N–H and O–H groups in total. The van der Waals surface area contributed by atoms with Gasteiger partial charge in [0.2, 0.25) is 10.0 Å². The van der Waals surface area contributed by atoms with E-state index in [0.29, 0.717) is 10.8 Å². The lowest BCUT2D eigenvalue weighted by atomic mass is 10.2. The first-order valence-corrected chi connectivity index (χ1v) is 11.6. The predicted molar refractivity (Wildman–Crippen MR) is 115 cm³/mol. The molecule has 2 aromatic rings. The Kier molecular flexibility index (Phi) is 7.58. The Bertz CT molecular complexity index is 991. The topological polar surface area (TPSA) is 93.7 Å². The number of hydrogen-bond donors (Lipinski definition) is 2. The summed E-state index contributed by atoms with van der Waals surface area (Å²) in [4.78, 5) is 12.4. The first-order chi connectivity index (χ1) is 14.4. The van der Waals surface area contributed by atoms with Crippen molar-refractivity contribution in [3.63, 3.8) is 0 Å². The number of halogens is 1. The van der Waals surface area contributed by atoms with Crippen molar-refractivity contribution < 1.29 is 22.7 Å². The van der Waals surface area contributed by atoms with Gasteiger partial charge in [-0.15, -0.1) is 0 Å². The molecular weight excluding hydrogens is 428 g/mol. The molecule has 0 radical (unpaired) electrons. The molecule has 1 amide bonds. The second-order valence-electron chi connectivity index (χ2n) is 7.03. The molecule has 2 aromatic carbocycles. The number of nitrogens with one attached hydrogen (secondary N) is 2. The second kappa shape index (κ2) is 10.1. The van der Waals surface area contributed by atoms with E-state index in [0.717, 1.165) is 25.7 Å². The van der Waals surface area contributed by atoms with Crippen molar-refractivity contribution in [3.05, 3.63) is 53.1 Å². The second-order valence-corrected chi connectivity index (χ2v) is 9.15. The molecule has 0 aliphatic heterocycles. The summed E-state index contributed by atoms with van der Waals surface area (Å²) in [6.07, 6.45) is 3.64. The number of benzene rings is 2. The number of amides is 1. The third-order valence-corrected chi connectivity index (χ3v) is 6.62. The van der Waals surface area contributed by atoms with Crippen LogP contribution in [0.1, 0.15) is 36.0 Å². The summed E-state index contributed by atoms with van der Waals surface area (Å²) in [6.45, 7) is 0.496. The molecule has 0 bridgehead atoms. The van der Waals surface area contributed by atoms with E-state index in [1.165, 1.54) is 25.3 Å². The average molecular weight is 453 g/mol. The number of methoxy groups -OCH3 is 1. The van der Waals surface area contributed by atoms with Crippen LogP contribution in [0, 0.1) is 0 Å². The Morgan fingerprint density at radius 1 is 1.17 bits per heavy atom. The van der Waals surface area contributed by atoms with Gasteiger partial charge in [-0.2, -0.15) is 0 Å². The maximum Gasteiger partial charge on any atom is 0.251 e. The Hall–Kier alpha value is -2.29. The number of sulfonamides is 1. The van der Waals surface area contributed by atoms with Crippen LogP contribution < -0.4 is 19.5 Å². The van der Waals surface area contributed by atoms with E-state index in [4.69, 9.17) is 21.1 Å². The summed E-state index contributed by atoms with van der Waals surface area (Å²) < 4.78 is 39.1. The lowest BCUT2D eigenvalue weighted by Crippen LogP contribution is -2.33. The fourth-order valence-corrected chi connectivity index (χ4v) is 5.03. The molecule has 0 aromatic heterocycles. The Labute approximate surface area is 181 Å². The minimum absolute atomic E-state index is 0.0419. The van der Waals surface area contributed by atoms with E-state index in [1.54, 1.807) is 24.3 Å². The molecule has 1 saturated carbocycles. The number of rotatable bonds is 9. The first-order valence-electron chi connectivity index (χ1n) is 9.76. The third-order valence-electron chi connectivity index (χ3n) is 4.84. The fraction of sp³-hybridized carbons (Fsp3) is 0.381. The normalized spacial score (nSPS) is 14.5. The summed E-state index contributed by atoms with van der Waals surface area (Å²) in [5.41, 5.74) is 0.227. The minimum Gasteiger partial charge on any atom is -0.495 e. The Morgan fingerprint density at radius 3 is 2.63 bits per heavy atom. The van der Waals surface area contributed by atoms with Gasteiger partial charge in [0.05, 0.1) is 13.7 Å². The molecule has 30 heavy (non-hydrogen) atoms. The van der Waals surface area contributed by atoms with Crippen LogP contribution in [0.25, 0.3) is 0 Å². The molecule has 0 unspecified atom stereocenters. The van der Waals surface area contributed by atoms with Gasteiger partial charge < -0.3 is 14.8 Å². The highest BCUT2D eigenvalue weighted by atomic mass is 35.5.